The van der Waals surface area contributed by atoms with Gasteiger partial charge in [0.25, 0.3) is 0 Å². The Morgan fingerprint density at radius 2 is 2.22 bits per heavy atom. The third kappa shape index (κ3) is 2.20. The molecule has 0 spiro atoms. The zero-order valence-electron chi connectivity index (χ0n) is 10.7. The summed E-state index contributed by atoms with van der Waals surface area (Å²) in [4.78, 5) is 0. The van der Waals surface area contributed by atoms with Crippen LogP contribution < -0.4 is 5.32 Å². The first kappa shape index (κ1) is 11.2. The van der Waals surface area contributed by atoms with E-state index < -0.39 is 0 Å². The number of rotatable bonds is 4. The first-order chi connectivity index (χ1) is 8.74. The molecule has 1 atom stereocenters. The summed E-state index contributed by atoms with van der Waals surface area (Å²) in [5.74, 6) is 0.834. The topological polar surface area (TPSA) is 55.6 Å². The molecule has 0 saturated heterocycles. The van der Waals surface area contributed by atoms with Crippen LogP contribution in [0.25, 0.3) is 5.69 Å². The lowest BCUT2D eigenvalue weighted by Gasteiger charge is -2.17. The largest absolute Gasteiger partial charge is 0.382 e. The number of anilines is 1. The minimum atomic E-state index is 0.535. The van der Waals surface area contributed by atoms with E-state index in [0.717, 1.165) is 11.6 Å². The van der Waals surface area contributed by atoms with E-state index in [1.54, 1.807) is 11.0 Å². The smallest absolute Gasteiger partial charge is 0.143 e. The van der Waals surface area contributed by atoms with Gasteiger partial charge in [0.1, 0.15) is 6.33 Å². The van der Waals surface area contributed by atoms with E-state index in [1.807, 2.05) is 6.07 Å². The Labute approximate surface area is 106 Å². The monoisotopic (exact) mass is 243 g/mol. The molecule has 0 amide bonds. The Morgan fingerprint density at radius 1 is 1.39 bits per heavy atom. The molecule has 1 fully saturated rings. The number of tetrazole rings is 1. The van der Waals surface area contributed by atoms with Crippen molar-refractivity contribution in [3.8, 4) is 5.69 Å². The van der Waals surface area contributed by atoms with Gasteiger partial charge in [-0.2, -0.15) is 0 Å². The molecule has 1 unspecified atom stereocenters. The van der Waals surface area contributed by atoms with Crippen molar-refractivity contribution >= 4 is 5.69 Å². The third-order valence-corrected chi connectivity index (χ3v) is 3.55. The zero-order chi connectivity index (χ0) is 12.5. The molecule has 0 bridgehead atoms. The zero-order valence-corrected chi connectivity index (χ0v) is 10.7. The lowest BCUT2D eigenvalue weighted by atomic mass is 10.1. The number of aryl methyl sites for hydroxylation is 1. The van der Waals surface area contributed by atoms with E-state index in [0.29, 0.717) is 6.04 Å². The molecule has 1 saturated carbocycles. The number of benzene rings is 1. The minimum absolute atomic E-state index is 0.535. The minimum Gasteiger partial charge on any atom is -0.382 e. The predicted octanol–water partition coefficient (Wildman–Crippen LogP) is 2.18. The Hall–Kier alpha value is -1.91. The van der Waals surface area contributed by atoms with E-state index in [1.165, 1.54) is 24.1 Å². The van der Waals surface area contributed by atoms with Crippen LogP contribution in [0.15, 0.2) is 24.5 Å². The molecule has 18 heavy (non-hydrogen) atoms. The fraction of sp³-hybridized carbons (Fsp3) is 0.462. The summed E-state index contributed by atoms with van der Waals surface area (Å²) in [5, 5.41) is 14.8. The van der Waals surface area contributed by atoms with Crippen molar-refractivity contribution in [1.82, 2.24) is 20.2 Å². The van der Waals surface area contributed by atoms with Crippen molar-refractivity contribution in [3.63, 3.8) is 0 Å². The van der Waals surface area contributed by atoms with Crippen molar-refractivity contribution < 1.29 is 0 Å². The Balaban J connectivity index is 1.86. The van der Waals surface area contributed by atoms with Crippen LogP contribution in [-0.2, 0) is 0 Å². The molecule has 94 valence electrons. The van der Waals surface area contributed by atoms with Gasteiger partial charge in [0.05, 0.1) is 5.69 Å². The van der Waals surface area contributed by atoms with E-state index in [4.69, 9.17) is 0 Å². The van der Waals surface area contributed by atoms with Crippen molar-refractivity contribution in [1.29, 1.82) is 0 Å². The molecular formula is C13H17N5. The van der Waals surface area contributed by atoms with E-state index in [-0.39, 0.29) is 0 Å². The maximum absolute atomic E-state index is 3.91. The van der Waals surface area contributed by atoms with Crippen LogP contribution in [0.5, 0.6) is 0 Å². The summed E-state index contributed by atoms with van der Waals surface area (Å²) in [6.45, 7) is 4.37. The highest BCUT2D eigenvalue weighted by atomic mass is 15.5. The van der Waals surface area contributed by atoms with Crippen LogP contribution in [0, 0.1) is 12.8 Å². The number of hydrogen-bond donors (Lipinski definition) is 1. The Kier molecular flexibility index (Phi) is 2.74. The number of hydrogen-bond acceptors (Lipinski definition) is 4. The average Bonchev–Trinajstić information content (AvgIpc) is 3.08. The molecule has 1 aliphatic rings. The van der Waals surface area contributed by atoms with Gasteiger partial charge in [0.15, 0.2) is 0 Å². The van der Waals surface area contributed by atoms with Crippen LogP contribution in [0.3, 0.4) is 0 Å². The molecule has 0 radical (unpaired) electrons. The molecule has 1 heterocycles. The summed E-state index contributed by atoms with van der Waals surface area (Å²) in [5.41, 5.74) is 3.40. The summed E-state index contributed by atoms with van der Waals surface area (Å²) < 4.78 is 1.67. The normalized spacial score (nSPS) is 16.6. The van der Waals surface area contributed by atoms with E-state index in [2.05, 4.69) is 46.8 Å². The number of aromatic nitrogens is 4. The van der Waals surface area contributed by atoms with Crippen molar-refractivity contribution in [2.45, 2.75) is 32.7 Å². The van der Waals surface area contributed by atoms with E-state index in [9.17, 15) is 0 Å². The van der Waals surface area contributed by atoms with Gasteiger partial charge in [-0.15, -0.1) is 5.10 Å². The van der Waals surface area contributed by atoms with Gasteiger partial charge in [-0.3, -0.25) is 0 Å². The highest BCUT2D eigenvalue weighted by molar-refractivity contribution is 5.57. The van der Waals surface area contributed by atoms with Crippen LogP contribution in [0.2, 0.25) is 0 Å². The predicted molar refractivity (Wildman–Crippen MR) is 69.7 cm³/mol. The van der Waals surface area contributed by atoms with Crippen molar-refractivity contribution in [2.75, 3.05) is 5.32 Å². The first-order valence-corrected chi connectivity index (χ1v) is 6.34. The summed E-state index contributed by atoms with van der Waals surface area (Å²) in [6, 6.07) is 6.76. The maximum atomic E-state index is 3.91. The standard InChI is InChI=1S/C13H17N5/c1-9-3-6-12(18-8-14-16-17-18)7-13(9)15-10(2)11-4-5-11/h3,6-8,10-11,15H,4-5H2,1-2H3. The quantitative estimate of drug-likeness (QED) is 0.894. The lowest BCUT2D eigenvalue weighted by Crippen LogP contribution is -2.18. The summed E-state index contributed by atoms with van der Waals surface area (Å²) >= 11 is 0. The highest BCUT2D eigenvalue weighted by Gasteiger charge is 2.27. The molecule has 5 nitrogen and oxygen atoms in total. The van der Waals surface area contributed by atoms with Crippen LogP contribution in [-0.4, -0.2) is 26.2 Å². The number of nitrogens with one attached hydrogen (secondary N) is 1. The average molecular weight is 243 g/mol. The molecule has 3 rings (SSSR count). The number of nitrogens with zero attached hydrogens (tertiary/aromatic N) is 4. The lowest BCUT2D eigenvalue weighted by molar-refractivity contribution is 0.693. The molecule has 1 aromatic carbocycles. The van der Waals surface area contributed by atoms with E-state index >= 15 is 0 Å². The Bertz CT molecular complexity index is 530. The molecule has 1 aromatic heterocycles. The van der Waals surface area contributed by atoms with Gasteiger partial charge < -0.3 is 5.32 Å². The van der Waals surface area contributed by atoms with Crippen molar-refractivity contribution in [3.05, 3.63) is 30.1 Å². The molecule has 1 aliphatic carbocycles. The van der Waals surface area contributed by atoms with Gasteiger partial charge in [-0.05, 0) is 60.7 Å². The van der Waals surface area contributed by atoms with Crippen molar-refractivity contribution in [2.24, 2.45) is 5.92 Å². The Morgan fingerprint density at radius 3 is 2.89 bits per heavy atom. The molecule has 0 aliphatic heterocycles. The second kappa shape index (κ2) is 4.40. The maximum Gasteiger partial charge on any atom is 0.143 e. The second-order valence-electron chi connectivity index (χ2n) is 5.02. The van der Waals surface area contributed by atoms with Gasteiger partial charge in [0.2, 0.25) is 0 Å². The molecular weight excluding hydrogens is 226 g/mol. The van der Waals surface area contributed by atoms with Gasteiger partial charge >= 0.3 is 0 Å². The summed E-state index contributed by atoms with van der Waals surface area (Å²) in [7, 11) is 0. The van der Waals surface area contributed by atoms with Crippen LogP contribution in [0.4, 0.5) is 5.69 Å². The van der Waals surface area contributed by atoms with Gasteiger partial charge in [0, 0.05) is 11.7 Å². The third-order valence-electron chi connectivity index (χ3n) is 3.55. The fourth-order valence-corrected chi connectivity index (χ4v) is 2.15. The molecule has 5 heteroatoms. The first-order valence-electron chi connectivity index (χ1n) is 6.34. The van der Waals surface area contributed by atoms with Crippen LogP contribution >= 0.6 is 0 Å². The second-order valence-corrected chi connectivity index (χ2v) is 5.02. The van der Waals surface area contributed by atoms with Gasteiger partial charge in [-0.25, -0.2) is 4.68 Å². The van der Waals surface area contributed by atoms with Gasteiger partial charge in [-0.1, -0.05) is 6.07 Å². The molecule has 2 aromatic rings. The highest BCUT2D eigenvalue weighted by Crippen LogP contribution is 2.34. The van der Waals surface area contributed by atoms with Crippen LogP contribution in [0.1, 0.15) is 25.3 Å². The summed E-state index contributed by atoms with van der Waals surface area (Å²) in [6.07, 6.45) is 4.30. The fourth-order valence-electron chi connectivity index (χ4n) is 2.15. The molecule has 1 N–H and O–H groups in total. The SMILES string of the molecule is Cc1ccc(-n2cnnn2)cc1NC(C)C1CC1.